The third-order valence-electron chi connectivity index (χ3n) is 4.26. The molecule has 100 valence electrons. The second-order valence-electron chi connectivity index (χ2n) is 5.71. The fourth-order valence-corrected chi connectivity index (χ4v) is 2.41. The van der Waals surface area contributed by atoms with Gasteiger partial charge < -0.3 is 5.32 Å². The standard InChI is InChI=1S/C16H20N2O/c1-12(2)16(8-9-16)11-18-15(19)14(10-17)13-6-4-3-5-7-13/h3-7,12,14H,8-9,11H2,1-2H3,(H,18,19). The number of amides is 1. The Kier molecular flexibility index (Phi) is 3.90. The average molecular weight is 256 g/mol. The minimum Gasteiger partial charge on any atom is -0.354 e. The van der Waals surface area contributed by atoms with E-state index in [0.29, 0.717) is 12.5 Å². The first-order chi connectivity index (χ1) is 9.09. The largest absolute Gasteiger partial charge is 0.354 e. The van der Waals surface area contributed by atoms with E-state index in [1.165, 1.54) is 12.8 Å². The van der Waals surface area contributed by atoms with Crippen LogP contribution in [0.15, 0.2) is 30.3 Å². The van der Waals surface area contributed by atoms with Gasteiger partial charge in [0.15, 0.2) is 0 Å². The Morgan fingerprint density at radius 1 is 1.37 bits per heavy atom. The van der Waals surface area contributed by atoms with Crippen molar-refractivity contribution in [2.24, 2.45) is 11.3 Å². The summed E-state index contributed by atoms with van der Waals surface area (Å²) in [4.78, 5) is 12.1. The molecule has 1 atom stereocenters. The van der Waals surface area contributed by atoms with Crippen molar-refractivity contribution in [1.82, 2.24) is 5.32 Å². The molecule has 1 aromatic rings. The smallest absolute Gasteiger partial charge is 0.241 e. The molecule has 3 heteroatoms. The van der Waals surface area contributed by atoms with Crippen LogP contribution in [0.1, 0.15) is 38.2 Å². The molecule has 0 radical (unpaired) electrons. The molecular weight excluding hydrogens is 236 g/mol. The van der Waals surface area contributed by atoms with Gasteiger partial charge in [0, 0.05) is 6.54 Å². The lowest BCUT2D eigenvalue weighted by Gasteiger charge is -2.21. The lowest BCUT2D eigenvalue weighted by atomic mass is 9.92. The molecule has 1 saturated carbocycles. The van der Waals surface area contributed by atoms with Gasteiger partial charge >= 0.3 is 0 Å². The molecular formula is C16H20N2O. The molecule has 1 aliphatic carbocycles. The molecule has 1 unspecified atom stereocenters. The maximum absolute atomic E-state index is 12.1. The van der Waals surface area contributed by atoms with Crippen LogP contribution in [0.5, 0.6) is 0 Å². The van der Waals surface area contributed by atoms with Crippen LogP contribution >= 0.6 is 0 Å². The average Bonchev–Trinajstić information content (AvgIpc) is 3.20. The Morgan fingerprint density at radius 2 is 2.00 bits per heavy atom. The van der Waals surface area contributed by atoms with Crippen molar-refractivity contribution >= 4 is 5.91 Å². The summed E-state index contributed by atoms with van der Waals surface area (Å²) in [7, 11) is 0. The maximum Gasteiger partial charge on any atom is 0.241 e. The number of nitriles is 1. The summed E-state index contributed by atoms with van der Waals surface area (Å²) in [6, 6.07) is 11.3. The molecule has 2 rings (SSSR count). The molecule has 1 amide bonds. The molecule has 19 heavy (non-hydrogen) atoms. The number of nitrogens with zero attached hydrogens (tertiary/aromatic N) is 1. The summed E-state index contributed by atoms with van der Waals surface area (Å²) in [6.45, 7) is 5.07. The van der Waals surface area contributed by atoms with Crippen LogP contribution in [0.2, 0.25) is 0 Å². The first-order valence-electron chi connectivity index (χ1n) is 6.81. The second-order valence-corrected chi connectivity index (χ2v) is 5.71. The number of nitrogens with one attached hydrogen (secondary N) is 1. The fourth-order valence-electron chi connectivity index (χ4n) is 2.41. The van der Waals surface area contributed by atoms with Crippen LogP contribution in [-0.2, 0) is 4.79 Å². The van der Waals surface area contributed by atoms with E-state index in [9.17, 15) is 10.1 Å². The van der Waals surface area contributed by atoms with Gasteiger partial charge in [0.25, 0.3) is 0 Å². The van der Waals surface area contributed by atoms with Gasteiger partial charge in [-0.3, -0.25) is 4.79 Å². The molecule has 1 aliphatic rings. The summed E-state index contributed by atoms with van der Waals surface area (Å²) in [5, 5.41) is 12.1. The highest BCUT2D eigenvalue weighted by Crippen LogP contribution is 2.51. The fraction of sp³-hybridized carbons (Fsp3) is 0.500. The summed E-state index contributed by atoms with van der Waals surface area (Å²) in [6.07, 6.45) is 2.35. The third-order valence-corrected chi connectivity index (χ3v) is 4.26. The van der Waals surface area contributed by atoms with Crippen LogP contribution in [0, 0.1) is 22.7 Å². The first kappa shape index (κ1) is 13.6. The van der Waals surface area contributed by atoms with Crippen molar-refractivity contribution in [2.45, 2.75) is 32.6 Å². The Labute approximate surface area is 114 Å². The van der Waals surface area contributed by atoms with Gasteiger partial charge in [-0.15, -0.1) is 0 Å². The summed E-state index contributed by atoms with van der Waals surface area (Å²) < 4.78 is 0. The highest BCUT2D eigenvalue weighted by Gasteiger charge is 2.45. The number of carbonyl (C=O) groups excluding carboxylic acids is 1. The number of rotatable bonds is 5. The Bertz CT molecular complexity index is 483. The molecule has 0 bridgehead atoms. The predicted molar refractivity (Wildman–Crippen MR) is 74.3 cm³/mol. The van der Waals surface area contributed by atoms with Crippen molar-refractivity contribution in [1.29, 1.82) is 5.26 Å². The quantitative estimate of drug-likeness (QED) is 0.880. The highest BCUT2D eigenvalue weighted by molar-refractivity contribution is 5.86. The number of hydrogen-bond acceptors (Lipinski definition) is 2. The molecule has 0 spiro atoms. The Balaban J connectivity index is 1.98. The van der Waals surface area contributed by atoms with Crippen molar-refractivity contribution in [3.05, 3.63) is 35.9 Å². The Morgan fingerprint density at radius 3 is 2.47 bits per heavy atom. The van der Waals surface area contributed by atoms with E-state index in [4.69, 9.17) is 0 Å². The maximum atomic E-state index is 12.1. The van der Waals surface area contributed by atoms with Crippen LogP contribution in [-0.4, -0.2) is 12.5 Å². The summed E-state index contributed by atoms with van der Waals surface area (Å²) in [5.41, 5.74) is 1.03. The second kappa shape index (κ2) is 5.44. The molecule has 0 aromatic heterocycles. The molecule has 3 nitrogen and oxygen atoms in total. The van der Waals surface area contributed by atoms with E-state index in [-0.39, 0.29) is 11.3 Å². The van der Waals surface area contributed by atoms with Gasteiger partial charge in [-0.1, -0.05) is 44.2 Å². The summed E-state index contributed by atoms with van der Waals surface area (Å²) >= 11 is 0. The number of benzene rings is 1. The zero-order valence-corrected chi connectivity index (χ0v) is 11.5. The predicted octanol–water partition coefficient (Wildman–Crippen LogP) is 2.85. The third kappa shape index (κ3) is 2.96. The van der Waals surface area contributed by atoms with Crippen LogP contribution in [0.25, 0.3) is 0 Å². The topological polar surface area (TPSA) is 52.9 Å². The molecule has 0 heterocycles. The first-order valence-corrected chi connectivity index (χ1v) is 6.81. The molecule has 1 N–H and O–H groups in total. The van der Waals surface area contributed by atoms with Crippen molar-refractivity contribution in [3.8, 4) is 6.07 Å². The van der Waals surface area contributed by atoms with Crippen molar-refractivity contribution in [2.75, 3.05) is 6.54 Å². The van der Waals surface area contributed by atoms with Crippen LogP contribution in [0.3, 0.4) is 0 Å². The van der Waals surface area contributed by atoms with Gasteiger partial charge in [0.2, 0.25) is 5.91 Å². The normalized spacial score (nSPS) is 17.6. The van der Waals surface area contributed by atoms with Crippen molar-refractivity contribution < 1.29 is 4.79 Å². The lowest BCUT2D eigenvalue weighted by molar-refractivity contribution is -0.121. The lowest BCUT2D eigenvalue weighted by Crippen LogP contribution is -2.35. The van der Waals surface area contributed by atoms with Crippen LogP contribution < -0.4 is 5.32 Å². The molecule has 0 aliphatic heterocycles. The minimum atomic E-state index is -0.704. The molecule has 1 aromatic carbocycles. The van der Waals surface area contributed by atoms with E-state index in [0.717, 1.165) is 5.56 Å². The number of hydrogen-bond donors (Lipinski definition) is 1. The van der Waals surface area contributed by atoms with Gasteiger partial charge in [0.1, 0.15) is 5.92 Å². The minimum absolute atomic E-state index is 0.180. The SMILES string of the molecule is CC(C)C1(CNC(=O)C(C#N)c2ccccc2)CC1. The van der Waals surface area contributed by atoms with E-state index in [1.807, 2.05) is 30.3 Å². The monoisotopic (exact) mass is 256 g/mol. The van der Waals surface area contributed by atoms with Crippen LogP contribution in [0.4, 0.5) is 0 Å². The highest BCUT2D eigenvalue weighted by atomic mass is 16.1. The Hall–Kier alpha value is -1.82. The van der Waals surface area contributed by atoms with Crippen molar-refractivity contribution in [3.63, 3.8) is 0 Å². The zero-order valence-electron chi connectivity index (χ0n) is 11.5. The van der Waals surface area contributed by atoms with Gasteiger partial charge in [-0.05, 0) is 29.7 Å². The van der Waals surface area contributed by atoms with Gasteiger partial charge in [-0.25, -0.2) is 0 Å². The zero-order chi connectivity index (χ0) is 13.9. The van der Waals surface area contributed by atoms with Gasteiger partial charge in [0.05, 0.1) is 6.07 Å². The van der Waals surface area contributed by atoms with Gasteiger partial charge in [-0.2, -0.15) is 5.26 Å². The summed E-state index contributed by atoms with van der Waals surface area (Å²) in [5.74, 6) is -0.310. The van der Waals surface area contributed by atoms with E-state index >= 15 is 0 Å². The van der Waals surface area contributed by atoms with E-state index < -0.39 is 5.92 Å². The van der Waals surface area contributed by atoms with E-state index in [1.54, 1.807) is 0 Å². The molecule has 1 fully saturated rings. The molecule has 0 saturated heterocycles. The number of carbonyl (C=O) groups is 1. The van der Waals surface area contributed by atoms with E-state index in [2.05, 4.69) is 25.2 Å².